The number of fused-ring (bicyclic) bond motifs is 5. The van der Waals surface area contributed by atoms with Gasteiger partial charge in [-0.25, -0.2) is 0 Å². The highest BCUT2D eigenvalue weighted by molar-refractivity contribution is 5.05. The molecule has 1 heteroatoms. The van der Waals surface area contributed by atoms with Crippen molar-refractivity contribution >= 4 is 0 Å². The Labute approximate surface area is 118 Å². The van der Waals surface area contributed by atoms with Crippen molar-refractivity contribution in [1.82, 2.24) is 0 Å². The van der Waals surface area contributed by atoms with Crippen molar-refractivity contribution in [1.29, 1.82) is 0 Å². The second-order valence-electron chi connectivity index (χ2n) is 8.36. The minimum absolute atomic E-state index is 0.00234. The van der Waals surface area contributed by atoms with Gasteiger partial charge in [0.1, 0.15) is 0 Å². The first kappa shape index (κ1) is 12.7. The lowest BCUT2D eigenvalue weighted by atomic mass is 9.50. The summed E-state index contributed by atoms with van der Waals surface area (Å²) in [6, 6.07) is 0. The Balaban J connectivity index is 1.59. The van der Waals surface area contributed by atoms with Crippen molar-refractivity contribution in [3.05, 3.63) is 0 Å². The van der Waals surface area contributed by atoms with Gasteiger partial charge in [0, 0.05) is 0 Å². The fourth-order valence-corrected chi connectivity index (χ4v) is 6.80. The van der Waals surface area contributed by atoms with Crippen molar-refractivity contribution in [3.63, 3.8) is 0 Å². The average molecular weight is 262 g/mol. The SMILES string of the molecule is C[C@]12CC[C@H]3[C@@H](CCC4CCCC[C@@H]43)[C@@H]1CC[C@@H]2O. The molecule has 19 heavy (non-hydrogen) atoms. The van der Waals surface area contributed by atoms with Gasteiger partial charge >= 0.3 is 0 Å². The molecule has 0 aromatic carbocycles. The molecule has 0 aliphatic heterocycles. The third-order valence-corrected chi connectivity index (χ3v) is 7.83. The Morgan fingerprint density at radius 1 is 0.789 bits per heavy atom. The average Bonchev–Trinajstić information content (AvgIpc) is 2.75. The summed E-state index contributed by atoms with van der Waals surface area (Å²) in [5, 5.41) is 10.4. The van der Waals surface area contributed by atoms with Crippen LogP contribution < -0.4 is 0 Å². The van der Waals surface area contributed by atoms with Crippen LogP contribution in [0.15, 0.2) is 0 Å². The van der Waals surface area contributed by atoms with Crippen molar-refractivity contribution < 1.29 is 5.11 Å². The van der Waals surface area contributed by atoms with E-state index in [9.17, 15) is 5.11 Å². The second-order valence-corrected chi connectivity index (χ2v) is 8.36. The van der Waals surface area contributed by atoms with Crippen LogP contribution in [0.3, 0.4) is 0 Å². The van der Waals surface area contributed by atoms with Crippen LogP contribution in [0.5, 0.6) is 0 Å². The predicted molar refractivity (Wildman–Crippen MR) is 77.7 cm³/mol. The fraction of sp³-hybridized carbons (Fsp3) is 1.00. The topological polar surface area (TPSA) is 20.2 Å². The van der Waals surface area contributed by atoms with Gasteiger partial charge in [0.2, 0.25) is 0 Å². The van der Waals surface area contributed by atoms with Gasteiger partial charge in [0.15, 0.2) is 0 Å². The lowest BCUT2D eigenvalue weighted by Crippen LogP contribution is -2.48. The molecule has 1 N–H and O–H groups in total. The third-order valence-electron chi connectivity index (χ3n) is 7.83. The van der Waals surface area contributed by atoms with Gasteiger partial charge in [0.05, 0.1) is 6.10 Å². The number of aliphatic hydroxyl groups excluding tert-OH is 1. The molecule has 0 heterocycles. The molecule has 0 bridgehead atoms. The third kappa shape index (κ3) is 1.76. The monoisotopic (exact) mass is 262 g/mol. The molecule has 0 spiro atoms. The molecular formula is C18H30O. The van der Waals surface area contributed by atoms with Crippen LogP contribution in [-0.2, 0) is 0 Å². The molecule has 4 aliphatic carbocycles. The summed E-state index contributed by atoms with van der Waals surface area (Å²) in [4.78, 5) is 0. The molecule has 4 aliphatic rings. The summed E-state index contributed by atoms with van der Waals surface area (Å²) in [5.41, 5.74) is 0.280. The molecule has 1 unspecified atom stereocenters. The summed E-state index contributed by atoms with van der Waals surface area (Å²) in [5.74, 6) is 4.99. The van der Waals surface area contributed by atoms with E-state index in [1.54, 1.807) is 0 Å². The number of hydrogen-bond acceptors (Lipinski definition) is 1. The maximum atomic E-state index is 10.4. The van der Waals surface area contributed by atoms with Crippen LogP contribution in [0.2, 0.25) is 0 Å². The van der Waals surface area contributed by atoms with E-state index in [0.29, 0.717) is 0 Å². The minimum atomic E-state index is 0.00234. The molecular weight excluding hydrogens is 232 g/mol. The van der Waals surface area contributed by atoms with Crippen molar-refractivity contribution in [2.24, 2.45) is 35.0 Å². The molecule has 108 valence electrons. The first-order chi connectivity index (χ1) is 9.20. The summed E-state index contributed by atoms with van der Waals surface area (Å²) >= 11 is 0. The van der Waals surface area contributed by atoms with Crippen LogP contribution in [-0.4, -0.2) is 11.2 Å². The van der Waals surface area contributed by atoms with Crippen molar-refractivity contribution in [3.8, 4) is 0 Å². The molecule has 4 fully saturated rings. The molecule has 0 aromatic heterocycles. The molecule has 0 aromatic rings. The van der Waals surface area contributed by atoms with E-state index in [1.165, 1.54) is 57.8 Å². The van der Waals surface area contributed by atoms with Crippen molar-refractivity contribution in [2.45, 2.75) is 77.2 Å². The van der Waals surface area contributed by atoms with E-state index >= 15 is 0 Å². The lowest BCUT2D eigenvalue weighted by Gasteiger charge is -2.55. The molecule has 1 nitrogen and oxygen atoms in total. The Morgan fingerprint density at radius 3 is 2.53 bits per heavy atom. The number of aliphatic hydroxyl groups is 1. The summed E-state index contributed by atoms with van der Waals surface area (Å²) in [7, 11) is 0. The van der Waals surface area contributed by atoms with E-state index < -0.39 is 0 Å². The standard InChI is InChI=1S/C18H30O/c1-18-11-10-14-13-5-3-2-4-12(13)6-7-15(14)16(18)8-9-17(18)19/h12-17,19H,2-11H2,1H3/t12?,13-,14+,15+,16-,17-,18-/m0/s1. The van der Waals surface area contributed by atoms with E-state index in [-0.39, 0.29) is 11.5 Å². The number of hydrogen-bond donors (Lipinski definition) is 1. The second kappa shape index (κ2) is 4.48. The highest BCUT2D eigenvalue weighted by atomic mass is 16.3. The van der Waals surface area contributed by atoms with Crippen LogP contribution in [0.1, 0.15) is 71.1 Å². The molecule has 7 atom stereocenters. The first-order valence-electron chi connectivity index (χ1n) is 8.88. The van der Waals surface area contributed by atoms with Crippen LogP contribution in [0.25, 0.3) is 0 Å². The highest BCUT2D eigenvalue weighted by Gasteiger charge is 2.56. The van der Waals surface area contributed by atoms with Gasteiger partial charge in [0.25, 0.3) is 0 Å². The van der Waals surface area contributed by atoms with Gasteiger partial charge in [-0.2, -0.15) is 0 Å². The molecule has 4 rings (SSSR count). The predicted octanol–water partition coefficient (Wildman–Crippen LogP) is 4.39. The fourth-order valence-electron chi connectivity index (χ4n) is 6.80. The zero-order valence-electron chi connectivity index (χ0n) is 12.5. The smallest absolute Gasteiger partial charge is 0.0596 e. The largest absolute Gasteiger partial charge is 0.393 e. The molecule has 0 amide bonds. The van der Waals surface area contributed by atoms with Crippen LogP contribution in [0.4, 0.5) is 0 Å². The van der Waals surface area contributed by atoms with Crippen LogP contribution >= 0.6 is 0 Å². The quantitative estimate of drug-likeness (QED) is 0.686. The maximum Gasteiger partial charge on any atom is 0.0596 e. The Hall–Kier alpha value is -0.0400. The highest BCUT2D eigenvalue weighted by Crippen LogP contribution is 2.62. The van der Waals surface area contributed by atoms with Gasteiger partial charge < -0.3 is 5.11 Å². The normalized spacial score (nSPS) is 57.2. The van der Waals surface area contributed by atoms with Gasteiger partial charge in [-0.05, 0) is 80.0 Å². The van der Waals surface area contributed by atoms with Crippen molar-refractivity contribution in [2.75, 3.05) is 0 Å². The van der Waals surface area contributed by atoms with E-state index in [4.69, 9.17) is 0 Å². The maximum absolute atomic E-state index is 10.4. The lowest BCUT2D eigenvalue weighted by molar-refractivity contribution is -0.0809. The van der Waals surface area contributed by atoms with Gasteiger partial charge in [-0.3, -0.25) is 0 Å². The molecule has 4 saturated carbocycles. The first-order valence-corrected chi connectivity index (χ1v) is 8.88. The van der Waals surface area contributed by atoms with Gasteiger partial charge in [-0.15, -0.1) is 0 Å². The Bertz CT molecular complexity index is 352. The summed E-state index contributed by atoms with van der Waals surface area (Å²) in [6.07, 6.45) is 14.2. The van der Waals surface area contributed by atoms with E-state index in [0.717, 1.165) is 36.0 Å². The molecule has 0 radical (unpaired) electrons. The van der Waals surface area contributed by atoms with Gasteiger partial charge in [-0.1, -0.05) is 26.2 Å². The summed E-state index contributed by atoms with van der Waals surface area (Å²) in [6.45, 7) is 2.40. The van der Waals surface area contributed by atoms with E-state index in [2.05, 4.69) is 6.92 Å². The zero-order valence-corrected chi connectivity index (χ0v) is 12.5. The zero-order chi connectivity index (χ0) is 13.0. The number of rotatable bonds is 0. The Kier molecular flexibility index (Phi) is 2.99. The van der Waals surface area contributed by atoms with Crippen LogP contribution in [0, 0.1) is 35.0 Å². The summed E-state index contributed by atoms with van der Waals surface area (Å²) < 4.78 is 0. The molecule has 0 saturated heterocycles. The minimum Gasteiger partial charge on any atom is -0.393 e. The van der Waals surface area contributed by atoms with E-state index in [1.807, 2.05) is 0 Å². The Morgan fingerprint density at radius 2 is 1.63 bits per heavy atom.